The van der Waals surface area contributed by atoms with E-state index in [2.05, 4.69) is 26.8 Å². The zero-order valence-electron chi connectivity index (χ0n) is 15.4. The Kier molecular flexibility index (Phi) is 5.76. The highest BCUT2D eigenvalue weighted by Crippen LogP contribution is 2.45. The molecule has 2 aliphatic rings. The summed E-state index contributed by atoms with van der Waals surface area (Å²) < 4.78 is 5.94. The van der Waals surface area contributed by atoms with Gasteiger partial charge < -0.3 is 14.9 Å². The van der Waals surface area contributed by atoms with E-state index >= 15 is 0 Å². The van der Waals surface area contributed by atoms with Crippen molar-refractivity contribution in [2.45, 2.75) is 96.6 Å². The van der Waals surface area contributed by atoms with Crippen molar-refractivity contribution in [1.29, 1.82) is 0 Å². The zero-order chi connectivity index (χ0) is 17.3. The van der Waals surface area contributed by atoms with Gasteiger partial charge in [-0.05, 0) is 73.1 Å². The Morgan fingerprint density at radius 2 is 1.87 bits per heavy atom. The average molecular weight is 322 g/mol. The number of fused-ring (bicyclic) bond motifs is 1. The standard InChI is InChI=1S/C20H34O3/c1-14-7-6-8-15(2)13-17(21)16(19(3,4)22)11-12-20(5)18(23-20)10-9-14/h7,13,16-18,21-22H,6,8-12H2,1-5H3/b14-7+,15-13+/t16-,17+,18+,20+/m0/s1. The molecule has 1 aliphatic heterocycles. The summed E-state index contributed by atoms with van der Waals surface area (Å²) in [7, 11) is 0. The van der Waals surface area contributed by atoms with Crippen molar-refractivity contribution in [3.63, 3.8) is 0 Å². The summed E-state index contributed by atoms with van der Waals surface area (Å²) >= 11 is 0. The van der Waals surface area contributed by atoms with Gasteiger partial charge in [-0.1, -0.05) is 23.3 Å². The van der Waals surface area contributed by atoms with Crippen LogP contribution in [0.3, 0.4) is 0 Å². The first-order chi connectivity index (χ1) is 10.6. The van der Waals surface area contributed by atoms with Gasteiger partial charge in [-0.3, -0.25) is 0 Å². The van der Waals surface area contributed by atoms with Crippen LogP contribution in [0.15, 0.2) is 23.3 Å². The van der Waals surface area contributed by atoms with E-state index in [1.807, 2.05) is 6.08 Å². The minimum Gasteiger partial charge on any atom is -0.390 e. The Morgan fingerprint density at radius 1 is 1.17 bits per heavy atom. The van der Waals surface area contributed by atoms with Crippen molar-refractivity contribution in [1.82, 2.24) is 0 Å². The minimum absolute atomic E-state index is 0.0770. The topological polar surface area (TPSA) is 53.0 Å². The molecule has 2 rings (SSSR count). The van der Waals surface area contributed by atoms with Crippen LogP contribution in [0.4, 0.5) is 0 Å². The summed E-state index contributed by atoms with van der Waals surface area (Å²) in [6.45, 7) is 10.0. The number of epoxide rings is 1. The molecule has 3 heteroatoms. The molecule has 2 N–H and O–H groups in total. The SMILES string of the molecule is C/C1=C\[C@@H](O)[C@@H](C(C)(C)O)CC[C@@]2(C)O[C@@H]2CC/C(C)=C/CC1. The summed E-state index contributed by atoms with van der Waals surface area (Å²) in [5, 5.41) is 21.1. The molecule has 0 saturated carbocycles. The molecule has 1 aliphatic carbocycles. The summed E-state index contributed by atoms with van der Waals surface area (Å²) in [4.78, 5) is 0. The number of hydrogen-bond acceptors (Lipinski definition) is 3. The number of hydrogen-bond donors (Lipinski definition) is 2. The van der Waals surface area contributed by atoms with Crippen LogP contribution in [0.1, 0.15) is 73.1 Å². The van der Waals surface area contributed by atoms with Crippen molar-refractivity contribution in [2.24, 2.45) is 5.92 Å². The lowest BCUT2D eigenvalue weighted by Crippen LogP contribution is -2.39. The molecular formula is C20H34O3. The van der Waals surface area contributed by atoms with E-state index in [1.54, 1.807) is 13.8 Å². The van der Waals surface area contributed by atoms with E-state index in [0.717, 1.165) is 38.5 Å². The third kappa shape index (κ3) is 5.17. The highest BCUT2D eigenvalue weighted by atomic mass is 16.6. The van der Waals surface area contributed by atoms with Crippen LogP contribution in [0.2, 0.25) is 0 Å². The summed E-state index contributed by atoms with van der Waals surface area (Å²) in [6.07, 6.45) is 9.77. The fourth-order valence-electron chi connectivity index (χ4n) is 3.76. The molecule has 0 aromatic heterocycles. The van der Waals surface area contributed by atoms with Crippen molar-refractivity contribution in [2.75, 3.05) is 0 Å². The highest BCUT2D eigenvalue weighted by Gasteiger charge is 2.51. The number of allylic oxidation sites excluding steroid dienone is 3. The van der Waals surface area contributed by atoms with Crippen molar-refractivity contribution >= 4 is 0 Å². The van der Waals surface area contributed by atoms with Crippen LogP contribution in [0, 0.1) is 5.92 Å². The largest absolute Gasteiger partial charge is 0.390 e. The molecule has 0 aromatic rings. The lowest BCUT2D eigenvalue weighted by molar-refractivity contribution is -0.0374. The van der Waals surface area contributed by atoms with Crippen LogP contribution in [-0.2, 0) is 4.74 Å². The number of aliphatic hydroxyl groups excluding tert-OH is 1. The molecule has 3 nitrogen and oxygen atoms in total. The van der Waals surface area contributed by atoms with Gasteiger partial charge >= 0.3 is 0 Å². The average Bonchev–Trinajstić information content (AvgIpc) is 3.05. The summed E-state index contributed by atoms with van der Waals surface area (Å²) in [5.74, 6) is -0.167. The predicted octanol–water partition coefficient (Wildman–Crippen LogP) is 4.14. The number of aliphatic hydroxyl groups is 2. The van der Waals surface area contributed by atoms with Gasteiger partial charge in [0.05, 0.1) is 23.4 Å². The van der Waals surface area contributed by atoms with Gasteiger partial charge in [-0.15, -0.1) is 0 Å². The van der Waals surface area contributed by atoms with Gasteiger partial charge in [-0.25, -0.2) is 0 Å². The summed E-state index contributed by atoms with van der Waals surface area (Å²) in [5.41, 5.74) is 1.65. The van der Waals surface area contributed by atoms with E-state index in [4.69, 9.17) is 4.74 Å². The van der Waals surface area contributed by atoms with Gasteiger partial charge in [0, 0.05) is 5.92 Å². The van der Waals surface area contributed by atoms with Crippen molar-refractivity contribution in [3.05, 3.63) is 23.3 Å². The Bertz CT molecular complexity index is 472. The second-order valence-corrected chi connectivity index (χ2v) is 8.35. The maximum atomic E-state index is 10.6. The van der Waals surface area contributed by atoms with Gasteiger partial charge in [0.1, 0.15) is 0 Å². The second-order valence-electron chi connectivity index (χ2n) is 8.35. The van der Waals surface area contributed by atoms with Crippen molar-refractivity contribution < 1.29 is 14.9 Å². The number of rotatable bonds is 1. The van der Waals surface area contributed by atoms with Gasteiger partial charge in [0.15, 0.2) is 0 Å². The Labute approximate surface area is 141 Å². The molecule has 0 radical (unpaired) electrons. The first kappa shape index (κ1) is 18.7. The minimum atomic E-state index is -0.898. The third-order valence-electron chi connectivity index (χ3n) is 5.59. The van der Waals surface area contributed by atoms with Crippen molar-refractivity contribution in [3.8, 4) is 0 Å². The Balaban J connectivity index is 2.17. The molecule has 0 spiro atoms. The Hall–Kier alpha value is -0.640. The molecule has 1 saturated heterocycles. The molecule has 0 amide bonds. The predicted molar refractivity (Wildman–Crippen MR) is 94.3 cm³/mol. The van der Waals surface area contributed by atoms with Crippen LogP contribution in [0.5, 0.6) is 0 Å². The molecule has 23 heavy (non-hydrogen) atoms. The van der Waals surface area contributed by atoms with E-state index in [-0.39, 0.29) is 11.5 Å². The third-order valence-corrected chi connectivity index (χ3v) is 5.59. The molecule has 1 fully saturated rings. The first-order valence-corrected chi connectivity index (χ1v) is 9.03. The van der Waals surface area contributed by atoms with E-state index in [9.17, 15) is 10.2 Å². The fraction of sp³-hybridized carbons (Fsp3) is 0.800. The highest BCUT2D eigenvalue weighted by molar-refractivity contribution is 5.10. The molecule has 0 unspecified atom stereocenters. The van der Waals surface area contributed by atoms with Crippen LogP contribution < -0.4 is 0 Å². The molecule has 4 atom stereocenters. The second kappa shape index (κ2) is 7.08. The molecule has 132 valence electrons. The zero-order valence-corrected chi connectivity index (χ0v) is 15.4. The van der Waals surface area contributed by atoms with Gasteiger partial charge in [0.2, 0.25) is 0 Å². The quantitative estimate of drug-likeness (QED) is 0.563. The molecule has 1 heterocycles. The van der Waals surface area contributed by atoms with E-state index in [1.165, 1.54) is 11.1 Å². The monoisotopic (exact) mass is 322 g/mol. The molecule has 0 bridgehead atoms. The smallest absolute Gasteiger partial charge is 0.0920 e. The maximum Gasteiger partial charge on any atom is 0.0920 e. The van der Waals surface area contributed by atoms with Crippen LogP contribution in [-0.4, -0.2) is 33.6 Å². The van der Waals surface area contributed by atoms with Gasteiger partial charge in [-0.2, -0.15) is 0 Å². The Morgan fingerprint density at radius 3 is 2.52 bits per heavy atom. The number of ether oxygens (including phenoxy) is 1. The van der Waals surface area contributed by atoms with Crippen LogP contribution in [0.25, 0.3) is 0 Å². The summed E-state index contributed by atoms with van der Waals surface area (Å²) in [6, 6.07) is 0. The normalized spacial score (nSPS) is 41.8. The fourth-order valence-corrected chi connectivity index (χ4v) is 3.76. The molecular weight excluding hydrogens is 288 g/mol. The first-order valence-electron chi connectivity index (χ1n) is 9.03. The maximum absolute atomic E-state index is 10.6. The lowest BCUT2D eigenvalue weighted by atomic mass is 9.79. The lowest BCUT2D eigenvalue weighted by Gasteiger charge is -2.33. The molecule has 0 aromatic carbocycles. The van der Waals surface area contributed by atoms with Crippen LogP contribution >= 0.6 is 0 Å². The van der Waals surface area contributed by atoms with Gasteiger partial charge in [0.25, 0.3) is 0 Å². The van der Waals surface area contributed by atoms with E-state index < -0.39 is 11.7 Å². The van der Waals surface area contributed by atoms with E-state index in [0.29, 0.717) is 6.10 Å².